The molecule has 2 nitrogen and oxygen atoms in total. The van der Waals surface area contributed by atoms with E-state index in [1.807, 2.05) is 18.2 Å². The van der Waals surface area contributed by atoms with Crippen LogP contribution in [0.25, 0.3) is 0 Å². The highest BCUT2D eigenvalue weighted by atomic mass is 127. The van der Waals surface area contributed by atoms with Gasteiger partial charge in [-0.05, 0) is 71.9 Å². The summed E-state index contributed by atoms with van der Waals surface area (Å²) in [7, 11) is 0. The maximum atomic E-state index is 13.0. The third-order valence-electron chi connectivity index (χ3n) is 5.16. The number of nitrogens with zero attached hydrogens (tertiary/aromatic N) is 1. The van der Waals surface area contributed by atoms with E-state index in [-0.39, 0.29) is 5.91 Å². The predicted molar refractivity (Wildman–Crippen MR) is 94.7 cm³/mol. The van der Waals surface area contributed by atoms with E-state index in [2.05, 4.69) is 34.4 Å². The standard InChI is InChI=1S/C17H21ClINO/c1-11-8-9-20(16-5-3-2-4-13(11)16)17(21)14-10-12(18)6-7-15(14)19/h6-7,10-11,13,16H,2-5,8-9H2,1H3. The summed E-state index contributed by atoms with van der Waals surface area (Å²) >= 11 is 8.32. The van der Waals surface area contributed by atoms with Crippen molar-refractivity contribution in [2.45, 2.75) is 45.1 Å². The lowest BCUT2D eigenvalue weighted by atomic mass is 9.72. The maximum Gasteiger partial charge on any atom is 0.255 e. The number of rotatable bonds is 1. The van der Waals surface area contributed by atoms with Crippen LogP contribution >= 0.6 is 34.2 Å². The van der Waals surface area contributed by atoms with Gasteiger partial charge in [0.25, 0.3) is 5.91 Å². The van der Waals surface area contributed by atoms with Gasteiger partial charge in [-0.2, -0.15) is 0 Å². The minimum absolute atomic E-state index is 0.172. The van der Waals surface area contributed by atoms with Crippen LogP contribution in [0.5, 0.6) is 0 Å². The van der Waals surface area contributed by atoms with E-state index in [0.29, 0.717) is 17.0 Å². The quantitative estimate of drug-likeness (QED) is 0.590. The fourth-order valence-electron chi connectivity index (χ4n) is 3.98. The molecule has 1 heterocycles. The van der Waals surface area contributed by atoms with E-state index in [9.17, 15) is 4.79 Å². The van der Waals surface area contributed by atoms with E-state index in [0.717, 1.165) is 34.4 Å². The van der Waals surface area contributed by atoms with Gasteiger partial charge in [0.1, 0.15) is 0 Å². The Balaban J connectivity index is 1.88. The topological polar surface area (TPSA) is 20.3 Å². The molecule has 0 radical (unpaired) electrons. The summed E-state index contributed by atoms with van der Waals surface area (Å²) in [5.41, 5.74) is 0.766. The number of likely N-dealkylation sites (tertiary alicyclic amines) is 1. The van der Waals surface area contributed by atoms with Crippen molar-refractivity contribution in [2.24, 2.45) is 11.8 Å². The zero-order valence-corrected chi connectivity index (χ0v) is 15.2. The third kappa shape index (κ3) is 3.09. The van der Waals surface area contributed by atoms with Crippen LogP contribution in [0.2, 0.25) is 5.02 Å². The number of benzene rings is 1. The molecule has 3 unspecified atom stereocenters. The number of piperidine rings is 1. The fourth-order valence-corrected chi connectivity index (χ4v) is 4.72. The highest BCUT2D eigenvalue weighted by molar-refractivity contribution is 14.1. The Morgan fingerprint density at radius 1 is 1.29 bits per heavy atom. The normalized spacial score (nSPS) is 29.1. The van der Waals surface area contributed by atoms with Crippen molar-refractivity contribution in [2.75, 3.05) is 6.54 Å². The first-order chi connectivity index (χ1) is 10.1. The molecule has 1 saturated carbocycles. The molecule has 0 aromatic heterocycles. The molecule has 1 aliphatic carbocycles. The molecule has 3 rings (SSSR count). The maximum absolute atomic E-state index is 13.0. The number of halogens is 2. The van der Waals surface area contributed by atoms with Crippen LogP contribution in [0.15, 0.2) is 18.2 Å². The first-order valence-corrected chi connectivity index (χ1v) is 9.29. The first-order valence-electron chi connectivity index (χ1n) is 7.84. The van der Waals surface area contributed by atoms with Crippen molar-refractivity contribution >= 4 is 40.1 Å². The van der Waals surface area contributed by atoms with E-state index in [1.165, 1.54) is 19.3 Å². The molecule has 0 spiro atoms. The Kier molecular flexibility index (Phi) is 4.79. The Hall–Kier alpha value is -0.290. The van der Waals surface area contributed by atoms with Crippen LogP contribution in [0, 0.1) is 15.4 Å². The fraction of sp³-hybridized carbons (Fsp3) is 0.588. The van der Waals surface area contributed by atoms with E-state index in [1.54, 1.807) is 0 Å². The molecule has 1 aliphatic heterocycles. The minimum Gasteiger partial charge on any atom is -0.335 e. The lowest BCUT2D eigenvalue weighted by Crippen LogP contribution is -2.52. The molecule has 0 bridgehead atoms. The summed E-state index contributed by atoms with van der Waals surface area (Å²) < 4.78 is 0.994. The summed E-state index contributed by atoms with van der Waals surface area (Å²) in [5.74, 6) is 1.61. The third-order valence-corrected chi connectivity index (χ3v) is 6.33. The first kappa shape index (κ1) is 15.6. The monoisotopic (exact) mass is 417 g/mol. The smallest absolute Gasteiger partial charge is 0.255 e. The summed E-state index contributed by atoms with van der Waals surface area (Å²) in [6.07, 6.45) is 6.15. The number of carbonyl (C=O) groups is 1. The molecule has 1 aromatic rings. The van der Waals surface area contributed by atoms with Crippen LogP contribution in [-0.2, 0) is 0 Å². The largest absolute Gasteiger partial charge is 0.335 e. The molecule has 1 aromatic carbocycles. The molecule has 2 aliphatic rings. The summed E-state index contributed by atoms with van der Waals surface area (Å²) in [6.45, 7) is 3.25. The molecule has 1 amide bonds. The molecular formula is C17H21ClINO. The van der Waals surface area contributed by atoms with Gasteiger partial charge in [0.15, 0.2) is 0 Å². The lowest BCUT2D eigenvalue weighted by molar-refractivity contribution is 0.0217. The van der Waals surface area contributed by atoms with Gasteiger partial charge in [0.2, 0.25) is 0 Å². The van der Waals surface area contributed by atoms with Gasteiger partial charge in [-0.15, -0.1) is 0 Å². The lowest BCUT2D eigenvalue weighted by Gasteiger charge is -2.47. The van der Waals surface area contributed by atoms with Gasteiger partial charge in [-0.25, -0.2) is 0 Å². The van der Waals surface area contributed by atoms with Crippen LogP contribution in [0.3, 0.4) is 0 Å². The number of hydrogen-bond donors (Lipinski definition) is 0. The average Bonchev–Trinajstić information content (AvgIpc) is 2.50. The van der Waals surface area contributed by atoms with Crippen molar-refractivity contribution in [1.29, 1.82) is 0 Å². The molecule has 4 heteroatoms. The number of hydrogen-bond acceptors (Lipinski definition) is 1. The molecular weight excluding hydrogens is 397 g/mol. The molecule has 3 atom stereocenters. The van der Waals surface area contributed by atoms with Crippen molar-refractivity contribution in [3.8, 4) is 0 Å². The van der Waals surface area contributed by atoms with Crippen LogP contribution < -0.4 is 0 Å². The van der Waals surface area contributed by atoms with Crippen LogP contribution in [0.4, 0.5) is 0 Å². The molecule has 2 fully saturated rings. The zero-order chi connectivity index (χ0) is 15.0. The number of amides is 1. The van der Waals surface area contributed by atoms with Crippen LogP contribution in [-0.4, -0.2) is 23.4 Å². The van der Waals surface area contributed by atoms with Gasteiger partial charge in [0, 0.05) is 21.2 Å². The predicted octanol–water partition coefficient (Wildman–Crippen LogP) is 4.99. The highest BCUT2D eigenvalue weighted by Crippen LogP contribution is 2.39. The van der Waals surface area contributed by atoms with Gasteiger partial charge in [-0.1, -0.05) is 31.4 Å². The number of carbonyl (C=O) groups excluding carboxylic acids is 1. The van der Waals surface area contributed by atoms with Crippen molar-refractivity contribution in [1.82, 2.24) is 4.90 Å². The Morgan fingerprint density at radius 3 is 2.86 bits per heavy atom. The van der Waals surface area contributed by atoms with Crippen molar-refractivity contribution < 1.29 is 4.79 Å². The van der Waals surface area contributed by atoms with Gasteiger partial charge >= 0.3 is 0 Å². The second-order valence-electron chi connectivity index (χ2n) is 6.40. The summed E-state index contributed by atoms with van der Waals surface area (Å²) in [6, 6.07) is 6.04. The second-order valence-corrected chi connectivity index (χ2v) is 8.00. The van der Waals surface area contributed by atoms with Crippen LogP contribution in [0.1, 0.15) is 49.4 Å². The van der Waals surface area contributed by atoms with Crippen molar-refractivity contribution in [3.05, 3.63) is 32.4 Å². The average molecular weight is 418 g/mol. The molecule has 21 heavy (non-hydrogen) atoms. The Labute approximate surface area is 145 Å². The highest BCUT2D eigenvalue weighted by Gasteiger charge is 2.39. The summed E-state index contributed by atoms with van der Waals surface area (Å²) in [5, 5.41) is 0.643. The van der Waals surface area contributed by atoms with E-state index < -0.39 is 0 Å². The van der Waals surface area contributed by atoms with Gasteiger partial charge < -0.3 is 4.90 Å². The van der Waals surface area contributed by atoms with Crippen molar-refractivity contribution in [3.63, 3.8) is 0 Å². The second kappa shape index (κ2) is 6.45. The molecule has 114 valence electrons. The molecule has 1 saturated heterocycles. The number of fused-ring (bicyclic) bond motifs is 1. The Morgan fingerprint density at radius 2 is 2.05 bits per heavy atom. The van der Waals surface area contributed by atoms with E-state index >= 15 is 0 Å². The van der Waals surface area contributed by atoms with E-state index in [4.69, 9.17) is 11.6 Å². The van der Waals surface area contributed by atoms with Gasteiger partial charge in [0.05, 0.1) is 5.56 Å². The SMILES string of the molecule is CC1CCN(C(=O)c2cc(Cl)ccc2I)C2CCCCC12. The zero-order valence-electron chi connectivity index (χ0n) is 12.3. The summed E-state index contributed by atoms with van der Waals surface area (Å²) in [4.78, 5) is 15.1. The Bertz CT molecular complexity index is 548. The van der Waals surface area contributed by atoms with Gasteiger partial charge in [-0.3, -0.25) is 4.79 Å². The molecule has 0 N–H and O–H groups in total. The minimum atomic E-state index is 0.172.